The molecule has 0 radical (unpaired) electrons. The smallest absolute Gasteiger partial charge is 0.0849 e. The number of benzene rings is 1. The van der Waals surface area contributed by atoms with Gasteiger partial charge in [0.2, 0.25) is 0 Å². The molecule has 1 atom stereocenters. The molecule has 0 heterocycles. The molecule has 2 nitrogen and oxygen atoms in total. The molecule has 0 bridgehead atoms. The fourth-order valence-electron chi connectivity index (χ4n) is 1.50. The largest absolute Gasteiger partial charge is 0.390 e. The van der Waals surface area contributed by atoms with Crippen LogP contribution in [0.15, 0.2) is 30.3 Å². The van der Waals surface area contributed by atoms with Gasteiger partial charge in [0.05, 0.1) is 11.7 Å². The summed E-state index contributed by atoms with van der Waals surface area (Å²) >= 11 is 0. The zero-order chi connectivity index (χ0) is 11.3. The molecule has 2 N–H and O–H groups in total. The third-order valence-electron chi connectivity index (χ3n) is 2.60. The molecule has 1 rings (SSSR count). The Morgan fingerprint density at radius 1 is 1.20 bits per heavy atom. The first-order chi connectivity index (χ1) is 7.00. The molecule has 0 aliphatic heterocycles. The van der Waals surface area contributed by atoms with Crippen molar-refractivity contribution in [1.29, 1.82) is 0 Å². The summed E-state index contributed by atoms with van der Waals surface area (Å²) < 4.78 is 0. The second-order valence-corrected chi connectivity index (χ2v) is 4.55. The lowest BCUT2D eigenvalue weighted by Crippen LogP contribution is -2.35. The van der Waals surface area contributed by atoms with E-state index in [-0.39, 0.29) is 0 Å². The van der Waals surface area contributed by atoms with Crippen molar-refractivity contribution in [2.75, 3.05) is 0 Å². The van der Waals surface area contributed by atoms with Gasteiger partial charge in [-0.15, -0.1) is 0 Å². The van der Waals surface area contributed by atoms with E-state index in [0.717, 1.165) is 12.8 Å². The van der Waals surface area contributed by atoms with Crippen LogP contribution in [0.2, 0.25) is 0 Å². The lowest BCUT2D eigenvalue weighted by atomic mass is 9.96. The van der Waals surface area contributed by atoms with Gasteiger partial charge < -0.3 is 10.2 Å². The Balaban J connectivity index is 2.28. The Morgan fingerprint density at radius 3 is 2.33 bits per heavy atom. The van der Waals surface area contributed by atoms with Gasteiger partial charge in [-0.25, -0.2) is 0 Å². The molecule has 84 valence electrons. The molecule has 1 aromatic carbocycles. The fourth-order valence-corrected chi connectivity index (χ4v) is 1.50. The summed E-state index contributed by atoms with van der Waals surface area (Å²) in [5.41, 5.74) is 0.289. The highest BCUT2D eigenvalue weighted by molar-refractivity contribution is 5.14. The van der Waals surface area contributed by atoms with Crippen molar-refractivity contribution in [2.24, 2.45) is 0 Å². The fraction of sp³-hybridized carbons (Fsp3) is 0.538. The van der Waals surface area contributed by atoms with Gasteiger partial charge in [0.15, 0.2) is 0 Å². The molecule has 0 aliphatic carbocycles. The summed E-state index contributed by atoms with van der Waals surface area (Å²) in [6.07, 6.45) is 1.85. The average Bonchev–Trinajstić information content (AvgIpc) is 2.18. The molecular formula is C13H20O2. The van der Waals surface area contributed by atoms with E-state index in [4.69, 9.17) is 0 Å². The Kier molecular flexibility index (Phi) is 4.30. The first-order valence-electron chi connectivity index (χ1n) is 5.44. The summed E-state index contributed by atoms with van der Waals surface area (Å²) in [5, 5.41) is 19.1. The lowest BCUT2D eigenvalue weighted by molar-refractivity contribution is -0.0519. The third kappa shape index (κ3) is 4.45. The van der Waals surface area contributed by atoms with E-state index in [1.54, 1.807) is 13.8 Å². The number of rotatable bonds is 5. The maximum Gasteiger partial charge on any atom is 0.0849 e. The quantitative estimate of drug-likeness (QED) is 0.778. The van der Waals surface area contributed by atoms with Crippen LogP contribution in [0.1, 0.15) is 32.3 Å². The van der Waals surface area contributed by atoms with E-state index in [0.29, 0.717) is 6.42 Å². The van der Waals surface area contributed by atoms with Crippen molar-refractivity contribution in [3.05, 3.63) is 35.9 Å². The molecule has 1 unspecified atom stereocenters. The Morgan fingerprint density at radius 2 is 1.80 bits per heavy atom. The minimum atomic E-state index is -0.989. The Hall–Kier alpha value is -0.860. The summed E-state index contributed by atoms with van der Waals surface area (Å²) in [6.45, 7) is 3.28. The zero-order valence-electron chi connectivity index (χ0n) is 9.48. The molecule has 0 amide bonds. The first-order valence-corrected chi connectivity index (χ1v) is 5.44. The molecule has 0 aromatic heterocycles. The van der Waals surface area contributed by atoms with Gasteiger partial charge in [0.1, 0.15) is 0 Å². The second-order valence-electron chi connectivity index (χ2n) is 4.55. The van der Waals surface area contributed by atoms with E-state index in [1.165, 1.54) is 5.56 Å². The highest BCUT2D eigenvalue weighted by atomic mass is 16.3. The van der Waals surface area contributed by atoms with E-state index >= 15 is 0 Å². The number of aryl methyl sites for hydroxylation is 1. The molecular weight excluding hydrogens is 188 g/mol. The monoisotopic (exact) mass is 208 g/mol. The maximum atomic E-state index is 9.61. The van der Waals surface area contributed by atoms with Gasteiger partial charge in [-0.3, -0.25) is 0 Å². The molecule has 0 spiro atoms. The molecule has 0 aliphatic rings. The van der Waals surface area contributed by atoms with Gasteiger partial charge in [-0.2, -0.15) is 0 Å². The number of hydrogen-bond acceptors (Lipinski definition) is 2. The van der Waals surface area contributed by atoms with Crippen molar-refractivity contribution in [3.8, 4) is 0 Å². The van der Waals surface area contributed by atoms with Gasteiger partial charge in [0, 0.05) is 0 Å². The molecule has 0 saturated carbocycles. The number of aliphatic hydroxyl groups is 2. The van der Waals surface area contributed by atoms with Crippen molar-refractivity contribution in [3.63, 3.8) is 0 Å². The van der Waals surface area contributed by atoms with Crippen LogP contribution in [-0.2, 0) is 6.42 Å². The van der Waals surface area contributed by atoms with Crippen molar-refractivity contribution < 1.29 is 10.2 Å². The molecule has 2 heteroatoms. The van der Waals surface area contributed by atoms with Crippen LogP contribution >= 0.6 is 0 Å². The average molecular weight is 208 g/mol. The van der Waals surface area contributed by atoms with Gasteiger partial charge in [0.25, 0.3) is 0 Å². The van der Waals surface area contributed by atoms with Crippen molar-refractivity contribution in [1.82, 2.24) is 0 Å². The van der Waals surface area contributed by atoms with Crippen LogP contribution in [0.5, 0.6) is 0 Å². The highest BCUT2D eigenvalue weighted by Crippen LogP contribution is 2.15. The minimum Gasteiger partial charge on any atom is -0.390 e. The summed E-state index contributed by atoms with van der Waals surface area (Å²) in [6, 6.07) is 10.2. The third-order valence-corrected chi connectivity index (χ3v) is 2.60. The van der Waals surface area contributed by atoms with Crippen LogP contribution in [0.4, 0.5) is 0 Å². The van der Waals surface area contributed by atoms with E-state index in [1.807, 2.05) is 18.2 Å². The summed E-state index contributed by atoms with van der Waals surface area (Å²) in [4.78, 5) is 0. The summed E-state index contributed by atoms with van der Waals surface area (Å²) in [7, 11) is 0. The van der Waals surface area contributed by atoms with E-state index in [2.05, 4.69) is 12.1 Å². The van der Waals surface area contributed by atoms with Gasteiger partial charge in [-0.05, 0) is 38.7 Å². The highest BCUT2D eigenvalue weighted by Gasteiger charge is 2.23. The van der Waals surface area contributed by atoms with E-state index in [9.17, 15) is 10.2 Å². The Labute approximate surface area is 91.6 Å². The minimum absolute atomic E-state index is 0.637. The van der Waals surface area contributed by atoms with Gasteiger partial charge in [-0.1, -0.05) is 30.3 Å². The topological polar surface area (TPSA) is 40.5 Å². The van der Waals surface area contributed by atoms with Crippen LogP contribution in [0.25, 0.3) is 0 Å². The normalized spacial score (nSPS) is 13.9. The number of hydrogen-bond donors (Lipinski definition) is 2. The second kappa shape index (κ2) is 5.29. The van der Waals surface area contributed by atoms with Gasteiger partial charge >= 0.3 is 0 Å². The van der Waals surface area contributed by atoms with Crippen molar-refractivity contribution in [2.45, 2.75) is 44.8 Å². The standard InChI is InChI=1S/C13H20O2/c1-13(2,15)12(14)10-6-9-11-7-4-3-5-8-11/h3-5,7-8,12,14-15H,6,9-10H2,1-2H3. The molecule has 0 fully saturated rings. The van der Waals surface area contributed by atoms with Crippen LogP contribution in [0, 0.1) is 0 Å². The molecule has 1 aromatic rings. The maximum absolute atomic E-state index is 9.61. The predicted molar refractivity (Wildman–Crippen MR) is 61.7 cm³/mol. The summed E-state index contributed by atoms with van der Waals surface area (Å²) in [5.74, 6) is 0. The predicted octanol–water partition coefficient (Wildman–Crippen LogP) is 2.14. The number of aliphatic hydroxyl groups excluding tert-OH is 1. The van der Waals surface area contributed by atoms with Crippen LogP contribution in [0.3, 0.4) is 0 Å². The first kappa shape index (κ1) is 12.2. The Bertz CT molecular complexity index is 274. The van der Waals surface area contributed by atoms with E-state index < -0.39 is 11.7 Å². The lowest BCUT2D eigenvalue weighted by Gasteiger charge is -2.24. The zero-order valence-corrected chi connectivity index (χ0v) is 9.48. The molecule has 15 heavy (non-hydrogen) atoms. The van der Waals surface area contributed by atoms with Crippen molar-refractivity contribution >= 4 is 0 Å². The van der Waals surface area contributed by atoms with Crippen LogP contribution < -0.4 is 0 Å². The SMILES string of the molecule is CC(C)(O)C(O)CCCc1ccccc1. The molecule has 0 saturated heterocycles. The van der Waals surface area contributed by atoms with Crippen LogP contribution in [-0.4, -0.2) is 21.9 Å².